The fraction of sp³-hybridized carbons (Fsp3) is 0.143. The van der Waals surface area contributed by atoms with Crippen LogP contribution in [0.5, 0.6) is 5.75 Å². The van der Waals surface area contributed by atoms with E-state index in [1.54, 1.807) is 61.7 Å². The third-order valence-electron chi connectivity index (χ3n) is 3.73. The first-order chi connectivity index (χ1) is 14.5. The van der Waals surface area contributed by atoms with Gasteiger partial charge < -0.3 is 10.1 Å². The lowest BCUT2D eigenvalue weighted by Gasteiger charge is -2.10. The maximum Gasteiger partial charge on any atom is 0.250 e. The Balaban J connectivity index is 1.65. The van der Waals surface area contributed by atoms with Gasteiger partial charge >= 0.3 is 0 Å². The Bertz CT molecular complexity index is 914. The number of hydrogen-bond donors (Lipinski definition) is 4. The number of nitrogens with one attached hydrogen (secondary N) is 4. The molecular formula is C21H22N4O4S. The van der Waals surface area contributed by atoms with Crippen LogP contribution in [-0.4, -0.2) is 29.9 Å². The Morgan fingerprint density at radius 2 is 1.60 bits per heavy atom. The van der Waals surface area contributed by atoms with Crippen molar-refractivity contribution in [2.75, 3.05) is 12.4 Å². The number of hydrazine groups is 1. The number of thiocarbonyl (C=S) groups is 1. The fourth-order valence-corrected chi connectivity index (χ4v) is 2.38. The number of benzene rings is 2. The Hall–Kier alpha value is -3.72. The van der Waals surface area contributed by atoms with Crippen molar-refractivity contribution in [1.29, 1.82) is 0 Å². The highest BCUT2D eigenvalue weighted by Crippen LogP contribution is 2.12. The maximum atomic E-state index is 11.9. The minimum Gasteiger partial charge on any atom is -0.497 e. The van der Waals surface area contributed by atoms with Crippen molar-refractivity contribution in [3.8, 4) is 5.75 Å². The summed E-state index contributed by atoms with van der Waals surface area (Å²) in [6.07, 6.45) is 2.89. The lowest BCUT2D eigenvalue weighted by atomic mass is 10.2. The number of anilines is 1. The smallest absolute Gasteiger partial charge is 0.250 e. The van der Waals surface area contributed by atoms with Crippen LogP contribution >= 0.6 is 12.2 Å². The van der Waals surface area contributed by atoms with E-state index in [1.807, 2.05) is 6.07 Å². The Morgan fingerprint density at radius 3 is 2.27 bits per heavy atom. The van der Waals surface area contributed by atoms with Crippen molar-refractivity contribution in [2.24, 2.45) is 0 Å². The molecule has 0 aliphatic heterocycles. The Morgan fingerprint density at radius 1 is 0.933 bits per heavy atom. The van der Waals surface area contributed by atoms with Crippen LogP contribution in [-0.2, 0) is 14.4 Å². The zero-order chi connectivity index (χ0) is 21.8. The lowest BCUT2D eigenvalue weighted by molar-refractivity contribution is -0.124. The number of hydrogen-bond acceptors (Lipinski definition) is 5. The quantitative estimate of drug-likeness (QED) is 0.307. The van der Waals surface area contributed by atoms with Gasteiger partial charge in [0.05, 0.1) is 7.11 Å². The van der Waals surface area contributed by atoms with Crippen LogP contribution < -0.4 is 26.2 Å². The topological polar surface area (TPSA) is 109 Å². The molecule has 9 heteroatoms. The zero-order valence-corrected chi connectivity index (χ0v) is 17.1. The number of rotatable bonds is 7. The van der Waals surface area contributed by atoms with Gasteiger partial charge in [0.25, 0.3) is 0 Å². The van der Waals surface area contributed by atoms with Crippen molar-refractivity contribution >= 4 is 46.8 Å². The molecule has 0 atom stereocenters. The fourth-order valence-electron chi connectivity index (χ4n) is 2.23. The highest BCUT2D eigenvalue weighted by Gasteiger charge is 2.08. The molecule has 2 aromatic carbocycles. The highest BCUT2D eigenvalue weighted by atomic mass is 32.1. The Kier molecular flexibility index (Phi) is 9.01. The summed E-state index contributed by atoms with van der Waals surface area (Å²) in [7, 11) is 1.57. The molecule has 0 spiro atoms. The molecule has 30 heavy (non-hydrogen) atoms. The predicted molar refractivity (Wildman–Crippen MR) is 118 cm³/mol. The molecule has 2 rings (SSSR count). The second-order valence-corrected chi connectivity index (χ2v) is 6.42. The molecule has 8 nitrogen and oxygen atoms in total. The first-order valence-electron chi connectivity index (χ1n) is 9.03. The minimum atomic E-state index is -0.459. The summed E-state index contributed by atoms with van der Waals surface area (Å²) in [5.74, 6) is -0.463. The van der Waals surface area contributed by atoms with Gasteiger partial charge in [0, 0.05) is 24.6 Å². The number of methoxy groups -OCH3 is 1. The molecule has 0 radical (unpaired) electrons. The summed E-state index contributed by atoms with van der Waals surface area (Å²) in [4.78, 5) is 35.5. The highest BCUT2D eigenvalue weighted by molar-refractivity contribution is 7.80. The number of carbonyl (C=O) groups excluding carboxylic acids is 3. The second kappa shape index (κ2) is 12.0. The number of ether oxygens (including phenoxy) is 1. The van der Waals surface area contributed by atoms with E-state index in [9.17, 15) is 14.4 Å². The zero-order valence-electron chi connectivity index (χ0n) is 16.3. The minimum absolute atomic E-state index is 0.00608. The van der Waals surface area contributed by atoms with E-state index >= 15 is 0 Å². The SMILES string of the molecule is COc1ccc(/C=C/C(=O)NC(=S)NNC(=O)CCC(=O)Nc2ccccc2)cc1. The van der Waals surface area contributed by atoms with E-state index in [-0.39, 0.29) is 23.9 Å². The Labute approximate surface area is 179 Å². The van der Waals surface area contributed by atoms with Gasteiger partial charge in [-0.2, -0.15) is 0 Å². The molecule has 0 unspecified atom stereocenters. The number of para-hydroxylation sites is 1. The van der Waals surface area contributed by atoms with E-state index < -0.39 is 11.8 Å². The summed E-state index contributed by atoms with van der Waals surface area (Å²) >= 11 is 4.95. The molecule has 2 aromatic rings. The lowest BCUT2D eigenvalue weighted by Crippen LogP contribution is -2.48. The first-order valence-corrected chi connectivity index (χ1v) is 9.44. The van der Waals surface area contributed by atoms with Gasteiger partial charge in [0.1, 0.15) is 5.75 Å². The number of carbonyl (C=O) groups is 3. The third-order valence-corrected chi connectivity index (χ3v) is 3.94. The van der Waals surface area contributed by atoms with Crippen molar-refractivity contribution < 1.29 is 19.1 Å². The molecule has 0 aromatic heterocycles. The average Bonchev–Trinajstić information content (AvgIpc) is 2.76. The van der Waals surface area contributed by atoms with Crippen molar-refractivity contribution in [2.45, 2.75) is 12.8 Å². The molecule has 0 saturated carbocycles. The normalized spacial score (nSPS) is 10.2. The van der Waals surface area contributed by atoms with Gasteiger partial charge in [-0.15, -0.1) is 0 Å². The standard InChI is InChI=1S/C21H22N4O4S/c1-29-17-10-7-15(8-11-17)9-12-19(27)23-21(30)25-24-20(28)14-13-18(26)22-16-5-3-2-4-6-16/h2-12H,13-14H2,1H3,(H,22,26)(H,24,28)(H2,23,25,27,30)/b12-9+. The van der Waals surface area contributed by atoms with Crippen LogP contribution in [0.1, 0.15) is 18.4 Å². The van der Waals surface area contributed by atoms with Gasteiger partial charge in [0.2, 0.25) is 17.7 Å². The second-order valence-electron chi connectivity index (χ2n) is 6.01. The summed E-state index contributed by atoms with van der Waals surface area (Å²) in [6, 6.07) is 16.1. The molecule has 0 fully saturated rings. The van der Waals surface area contributed by atoms with Crippen LogP contribution in [0, 0.1) is 0 Å². The summed E-state index contributed by atoms with van der Waals surface area (Å²) < 4.78 is 5.07. The molecule has 0 heterocycles. The third kappa shape index (κ3) is 8.53. The van der Waals surface area contributed by atoms with Crippen LogP contribution in [0.3, 0.4) is 0 Å². The molecule has 3 amide bonds. The van der Waals surface area contributed by atoms with Crippen LogP contribution in [0.2, 0.25) is 0 Å². The molecule has 4 N–H and O–H groups in total. The van der Waals surface area contributed by atoms with Crippen molar-refractivity contribution in [3.05, 3.63) is 66.2 Å². The molecule has 0 saturated heterocycles. The van der Waals surface area contributed by atoms with Crippen LogP contribution in [0.4, 0.5) is 5.69 Å². The molecule has 156 valence electrons. The molecule has 0 aliphatic rings. The average molecular weight is 426 g/mol. The van der Waals surface area contributed by atoms with Gasteiger partial charge in [-0.1, -0.05) is 30.3 Å². The summed E-state index contributed by atoms with van der Waals surface area (Å²) in [5, 5.41) is 5.02. The van der Waals surface area contributed by atoms with Crippen LogP contribution in [0.25, 0.3) is 6.08 Å². The largest absolute Gasteiger partial charge is 0.497 e. The maximum absolute atomic E-state index is 11.9. The van der Waals surface area contributed by atoms with Gasteiger partial charge in [-0.3, -0.25) is 30.6 Å². The van der Waals surface area contributed by atoms with Crippen LogP contribution in [0.15, 0.2) is 60.7 Å². The molecular weight excluding hydrogens is 404 g/mol. The molecule has 0 bridgehead atoms. The monoisotopic (exact) mass is 426 g/mol. The van der Waals surface area contributed by atoms with E-state index in [2.05, 4.69) is 21.5 Å². The molecule has 0 aliphatic carbocycles. The van der Waals surface area contributed by atoms with E-state index in [0.717, 1.165) is 11.3 Å². The van der Waals surface area contributed by atoms with Gasteiger partial charge in [0.15, 0.2) is 5.11 Å². The number of amides is 3. The predicted octanol–water partition coefficient (Wildman–Crippen LogP) is 2.15. The summed E-state index contributed by atoms with van der Waals surface area (Å²) in [6.45, 7) is 0. The van der Waals surface area contributed by atoms with Crippen molar-refractivity contribution in [1.82, 2.24) is 16.2 Å². The first kappa shape index (κ1) is 22.6. The van der Waals surface area contributed by atoms with E-state index in [0.29, 0.717) is 5.69 Å². The van der Waals surface area contributed by atoms with Crippen molar-refractivity contribution in [3.63, 3.8) is 0 Å². The van der Waals surface area contributed by atoms with Gasteiger partial charge in [-0.05, 0) is 48.1 Å². The van der Waals surface area contributed by atoms with Gasteiger partial charge in [-0.25, -0.2) is 0 Å². The summed E-state index contributed by atoms with van der Waals surface area (Å²) in [5.41, 5.74) is 6.22. The van der Waals surface area contributed by atoms with E-state index in [1.165, 1.54) is 6.08 Å². The van der Waals surface area contributed by atoms with E-state index in [4.69, 9.17) is 17.0 Å².